The van der Waals surface area contributed by atoms with E-state index in [9.17, 15) is 0 Å². The third-order valence-corrected chi connectivity index (χ3v) is 4.08. The lowest BCUT2D eigenvalue weighted by molar-refractivity contribution is 0.0132. The van der Waals surface area contributed by atoms with Gasteiger partial charge in [0.15, 0.2) is 0 Å². The van der Waals surface area contributed by atoms with Crippen molar-refractivity contribution in [2.75, 3.05) is 6.61 Å². The number of ether oxygens (including phenoxy) is 1. The van der Waals surface area contributed by atoms with Gasteiger partial charge >= 0.3 is 0 Å². The van der Waals surface area contributed by atoms with Crippen molar-refractivity contribution in [3.8, 4) is 0 Å². The number of unbranched alkanes of at least 4 members (excludes halogenated alkanes) is 7. The molecule has 0 saturated heterocycles. The van der Waals surface area contributed by atoms with Crippen LogP contribution in [0.25, 0.3) is 0 Å². The average Bonchev–Trinajstić information content (AvgIpc) is 2.39. The van der Waals surface area contributed by atoms with E-state index in [2.05, 4.69) is 6.92 Å². The quantitative estimate of drug-likeness (QED) is 0.587. The van der Waals surface area contributed by atoms with Gasteiger partial charge in [0.05, 0.1) is 6.10 Å². The van der Waals surface area contributed by atoms with Gasteiger partial charge in [-0.2, -0.15) is 0 Å². The summed E-state index contributed by atoms with van der Waals surface area (Å²) in [5, 5.41) is 0. The highest BCUT2D eigenvalue weighted by molar-refractivity contribution is 4.78. The lowest BCUT2D eigenvalue weighted by Gasteiger charge is -2.28. The van der Waals surface area contributed by atoms with E-state index in [4.69, 9.17) is 10.5 Å². The first-order valence-corrected chi connectivity index (χ1v) is 8.21. The molecule has 0 spiro atoms. The number of hydrogen-bond donors (Lipinski definition) is 1. The van der Waals surface area contributed by atoms with Crippen LogP contribution in [0.2, 0.25) is 0 Å². The summed E-state index contributed by atoms with van der Waals surface area (Å²) in [5.41, 5.74) is 6.06. The zero-order valence-electron chi connectivity index (χ0n) is 12.3. The second-order valence-corrected chi connectivity index (χ2v) is 5.83. The molecule has 2 unspecified atom stereocenters. The Morgan fingerprint density at radius 1 is 0.889 bits per heavy atom. The summed E-state index contributed by atoms with van der Waals surface area (Å²) in [6.45, 7) is 3.20. The Hall–Kier alpha value is -0.0800. The van der Waals surface area contributed by atoms with E-state index < -0.39 is 0 Å². The third kappa shape index (κ3) is 7.38. The Balaban J connectivity index is 1.83. The van der Waals surface area contributed by atoms with Crippen molar-refractivity contribution in [2.45, 2.75) is 96.1 Å². The van der Waals surface area contributed by atoms with Gasteiger partial charge in [0.25, 0.3) is 0 Å². The number of rotatable bonds is 10. The summed E-state index contributed by atoms with van der Waals surface area (Å²) in [6.07, 6.45) is 16.2. The van der Waals surface area contributed by atoms with Crippen LogP contribution in [0.5, 0.6) is 0 Å². The highest BCUT2D eigenvalue weighted by atomic mass is 16.5. The summed E-state index contributed by atoms with van der Waals surface area (Å²) in [6, 6.07) is 0.299. The molecule has 0 amide bonds. The SMILES string of the molecule is CCCCCCCCCCOC1CCCCC1N. The van der Waals surface area contributed by atoms with Crippen molar-refractivity contribution in [1.82, 2.24) is 0 Å². The van der Waals surface area contributed by atoms with Gasteiger partial charge in [-0.15, -0.1) is 0 Å². The zero-order chi connectivity index (χ0) is 13.1. The highest BCUT2D eigenvalue weighted by Gasteiger charge is 2.21. The molecule has 18 heavy (non-hydrogen) atoms. The first-order valence-electron chi connectivity index (χ1n) is 8.21. The molecular formula is C16H33NO. The van der Waals surface area contributed by atoms with Gasteiger partial charge in [0.2, 0.25) is 0 Å². The Labute approximate surface area is 114 Å². The van der Waals surface area contributed by atoms with E-state index in [1.165, 1.54) is 70.6 Å². The second kappa shape index (κ2) is 10.8. The number of nitrogens with two attached hydrogens (primary N) is 1. The molecule has 1 fully saturated rings. The molecule has 2 nitrogen and oxygen atoms in total. The topological polar surface area (TPSA) is 35.2 Å². The first-order chi connectivity index (χ1) is 8.84. The van der Waals surface area contributed by atoms with E-state index in [1.54, 1.807) is 0 Å². The summed E-state index contributed by atoms with van der Waals surface area (Å²) < 4.78 is 5.92. The Kier molecular flexibility index (Phi) is 9.59. The van der Waals surface area contributed by atoms with Crippen LogP contribution in [0.3, 0.4) is 0 Å². The van der Waals surface area contributed by atoms with Crippen molar-refractivity contribution in [3.05, 3.63) is 0 Å². The third-order valence-electron chi connectivity index (χ3n) is 4.08. The zero-order valence-corrected chi connectivity index (χ0v) is 12.3. The van der Waals surface area contributed by atoms with Crippen LogP contribution >= 0.6 is 0 Å². The normalized spacial score (nSPS) is 24.3. The summed E-state index contributed by atoms with van der Waals surface area (Å²) in [7, 11) is 0. The summed E-state index contributed by atoms with van der Waals surface area (Å²) in [4.78, 5) is 0. The molecule has 108 valence electrons. The van der Waals surface area contributed by atoms with Gasteiger partial charge < -0.3 is 10.5 Å². The van der Waals surface area contributed by atoms with Crippen LogP contribution in [0.1, 0.15) is 84.0 Å². The molecule has 0 heterocycles. The minimum absolute atomic E-state index is 0.299. The van der Waals surface area contributed by atoms with Crippen LogP contribution in [-0.2, 0) is 4.74 Å². The van der Waals surface area contributed by atoms with Crippen molar-refractivity contribution in [2.24, 2.45) is 5.73 Å². The van der Waals surface area contributed by atoms with E-state index >= 15 is 0 Å². The maximum absolute atomic E-state index is 6.06. The molecule has 1 aliphatic rings. The molecule has 0 aliphatic heterocycles. The fourth-order valence-corrected chi connectivity index (χ4v) is 2.80. The molecule has 1 rings (SSSR count). The van der Waals surface area contributed by atoms with Crippen LogP contribution in [0, 0.1) is 0 Å². The van der Waals surface area contributed by atoms with Crippen LogP contribution in [-0.4, -0.2) is 18.8 Å². The van der Waals surface area contributed by atoms with Crippen LogP contribution in [0.15, 0.2) is 0 Å². The molecular weight excluding hydrogens is 222 g/mol. The van der Waals surface area contributed by atoms with Gasteiger partial charge in [-0.05, 0) is 19.3 Å². The standard InChI is InChI=1S/C16H33NO/c1-2-3-4-5-6-7-8-11-14-18-16-13-10-9-12-15(16)17/h15-16H,2-14,17H2,1H3. The van der Waals surface area contributed by atoms with E-state index in [0.717, 1.165) is 13.0 Å². The molecule has 1 aliphatic carbocycles. The predicted molar refractivity (Wildman–Crippen MR) is 78.8 cm³/mol. The van der Waals surface area contributed by atoms with E-state index in [1.807, 2.05) is 0 Å². The fraction of sp³-hybridized carbons (Fsp3) is 1.00. The minimum Gasteiger partial charge on any atom is -0.377 e. The van der Waals surface area contributed by atoms with Crippen molar-refractivity contribution < 1.29 is 4.74 Å². The van der Waals surface area contributed by atoms with E-state index in [0.29, 0.717) is 12.1 Å². The Bertz CT molecular complexity index is 184. The van der Waals surface area contributed by atoms with Crippen molar-refractivity contribution in [1.29, 1.82) is 0 Å². The average molecular weight is 255 g/mol. The molecule has 2 atom stereocenters. The fourth-order valence-electron chi connectivity index (χ4n) is 2.80. The smallest absolute Gasteiger partial charge is 0.0725 e. The molecule has 1 saturated carbocycles. The molecule has 2 heteroatoms. The maximum atomic E-state index is 6.06. The lowest BCUT2D eigenvalue weighted by Crippen LogP contribution is -2.39. The largest absolute Gasteiger partial charge is 0.377 e. The summed E-state index contributed by atoms with van der Waals surface area (Å²) >= 11 is 0. The maximum Gasteiger partial charge on any atom is 0.0725 e. The minimum atomic E-state index is 0.299. The van der Waals surface area contributed by atoms with Gasteiger partial charge in [0, 0.05) is 12.6 Å². The van der Waals surface area contributed by atoms with Crippen molar-refractivity contribution in [3.63, 3.8) is 0 Å². The number of hydrogen-bond acceptors (Lipinski definition) is 2. The van der Waals surface area contributed by atoms with E-state index in [-0.39, 0.29) is 0 Å². The molecule has 0 aromatic rings. The highest BCUT2D eigenvalue weighted by Crippen LogP contribution is 2.20. The van der Waals surface area contributed by atoms with Gasteiger partial charge in [-0.25, -0.2) is 0 Å². The lowest BCUT2D eigenvalue weighted by atomic mass is 9.93. The molecule has 0 aromatic carbocycles. The van der Waals surface area contributed by atoms with Gasteiger partial charge in [0.1, 0.15) is 0 Å². The second-order valence-electron chi connectivity index (χ2n) is 5.83. The molecule has 0 aromatic heterocycles. The molecule has 2 N–H and O–H groups in total. The van der Waals surface area contributed by atoms with Crippen LogP contribution in [0.4, 0.5) is 0 Å². The summed E-state index contributed by atoms with van der Waals surface area (Å²) in [5.74, 6) is 0. The predicted octanol–water partition coefficient (Wildman–Crippen LogP) is 4.41. The first kappa shape index (κ1) is 16.0. The Morgan fingerprint density at radius 2 is 1.50 bits per heavy atom. The van der Waals surface area contributed by atoms with Gasteiger partial charge in [-0.3, -0.25) is 0 Å². The molecule has 0 bridgehead atoms. The Morgan fingerprint density at radius 3 is 2.17 bits per heavy atom. The molecule has 0 radical (unpaired) electrons. The van der Waals surface area contributed by atoms with Crippen LogP contribution < -0.4 is 5.73 Å². The monoisotopic (exact) mass is 255 g/mol. The van der Waals surface area contributed by atoms with Crippen molar-refractivity contribution >= 4 is 0 Å². The van der Waals surface area contributed by atoms with Gasteiger partial charge in [-0.1, -0.05) is 64.7 Å².